The highest BCUT2D eigenvalue weighted by Crippen LogP contribution is 2.38. The van der Waals surface area contributed by atoms with Crippen molar-refractivity contribution < 1.29 is 9.53 Å². The molecule has 27 heavy (non-hydrogen) atoms. The van der Waals surface area contributed by atoms with E-state index in [1.807, 2.05) is 51.9 Å². The van der Waals surface area contributed by atoms with E-state index in [2.05, 4.69) is 15.5 Å². The molecule has 3 atom stereocenters. The number of nitrogens with zero attached hydrogens (tertiary/aromatic N) is 4. The number of fused-ring (bicyclic) bond motifs is 3. The van der Waals surface area contributed by atoms with Gasteiger partial charge in [-0.3, -0.25) is 0 Å². The fraction of sp³-hybridized carbons (Fsp3) is 0.600. The number of likely N-dealkylation sites (tertiary alicyclic amines) is 1. The third-order valence-electron chi connectivity index (χ3n) is 5.48. The number of amides is 1. The maximum atomic E-state index is 12.5. The molecule has 0 spiro atoms. The van der Waals surface area contributed by atoms with Crippen LogP contribution >= 0.6 is 0 Å². The number of carbonyl (C=O) groups is 1. The predicted molar refractivity (Wildman–Crippen MR) is 106 cm³/mol. The van der Waals surface area contributed by atoms with Crippen molar-refractivity contribution >= 4 is 22.8 Å². The molecular weight excluding hydrogens is 342 g/mol. The van der Waals surface area contributed by atoms with Gasteiger partial charge in [0.15, 0.2) is 0 Å². The first kappa shape index (κ1) is 18.1. The van der Waals surface area contributed by atoms with Crippen molar-refractivity contribution in [1.82, 2.24) is 14.5 Å². The molecule has 0 radical (unpaired) electrons. The van der Waals surface area contributed by atoms with Gasteiger partial charge < -0.3 is 24.8 Å². The van der Waals surface area contributed by atoms with Crippen LogP contribution in [0.1, 0.15) is 45.9 Å². The summed E-state index contributed by atoms with van der Waals surface area (Å²) in [5.74, 6) is 0. The zero-order chi connectivity index (χ0) is 19.5. The second-order valence-corrected chi connectivity index (χ2v) is 8.84. The summed E-state index contributed by atoms with van der Waals surface area (Å²) >= 11 is 0. The van der Waals surface area contributed by atoms with Gasteiger partial charge in [-0.1, -0.05) is 0 Å². The average Bonchev–Trinajstić information content (AvgIpc) is 3.26. The van der Waals surface area contributed by atoms with Gasteiger partial charge in [0.2, 0.25) is 0 Å². The van der Waals surface area contributed by atoms with Crippen molar-refractivity contribution in [3.8, 4) is 0 Å². The molecule has 2 saturated heterocycles. The molecular formula is C20H29N5O2. The Kier molecular flexibility index (Phi) is 4.10. The molecule has 3 unspecified atom stereocenters. The maximum absolute atomic E-state index is 12.5. The minimum atomic E-state index is -0.470. The van der Waals surface area contributed by atoms with Crippen LogP contribution in [0.2, 0.25) is 0 Å². The van der Waals surface area contributed by atoms with Crippen molar-refractivity contribution in [3.63, 3.8) is 0 Å². The zero-order valence-electron chi connectivity index (χ0n) is 16.8. The Balaban J connectivity index is 1.61. The van der Waals surface area contributed by atoms with Gasteiger partial charge in [0.25, 0.3) is 0 Å². The van der Waals surface area contributed by atoms with E-state index in [1.54, 1.807) is 0 Å². The summed E-state index contributed by atoms with van der Waals surface area (Å²) in [5.41, 5.74) is 9.85. The number of ether oxygens (including phenoxy) is 1. The minimum absolute atomic E-state index is 0.148. The second kappa shape index (κ2) is 6.12. The van der Waals surface area contributed by atoms with Gasteiger partial charge in [0, 0.05) is 38.4 Å². The second-order valence-electron chi connectivity index (χ2n) is 8.84. The van der Waals surface area contributed by atoms with Gasteiger partial charge in [-0.15, -0.1) is 0 Å². The molecule has 4 heterocycles. The molecule has 0 saturated carbocycles. The number of aryl methyl sites for hydroxylation is 1. The largest absolute Gasteiger partial charge is 0.444 e. The van der Waals surface area contributed by atoms with Crippen LogP contribution in [0.3, 0.4) is 0 Å². The first-order valence-electron chi connectivity index (χ1n) is 9.62. The van der Waals surface area contributed by atoms with Crippen LogP contribution < -0.4 is 10.6 Å². The van der Waals surface area contributed by atoms with Gasteiger partial charge in [-0.2, -0.15) is 0 Å². The van der Waals surface area contributed by atoms with E-state index in [0.717, 1.165) is 35.4 Å². The molecule has 2 aromatic heterocycles. The van der Waals surface area contributed by atoms with Crippen LogP contribution in [0.25, 0.3) is 11.0 Å². The van der Waals surface area contributed by atoms with Gasteiger partial charge in [0.1, 0.15) is 5.60 Å². The summed E-state index contributed by atoms with van der Waals surface area (Å²) < 4.78 is 7.65. The zero-order valence-corrected chi connectivity index (χ0v) is 16.8. The fourth-order valence-corrected chi connectivity index (χ4v) is 4.26. The van der Waals surface area contributed by atoms with Crippen LogP contribution in [-0.2, 0) is 11.8 Å². The first-order chi connectivity index (χ1) is 12.6. The first-order valence-corrected chi connectivity index (χ1v) is 9.62. The van der Waals surface area contributed by atoms with Crippen molar-refractivity contribution in [2.75, 3.05) is 18.0 Å². The molecule has 0 aromatic carbocycles. The summed E-state index contributed by atoms with van der Waals surface area (Å²) in [6, 6.07) is 4.52. The minimum Gasteiger partial charge on any atom is -0.444 e. The molecule has 2 bridgehead atoms. The number of piperazine rings is 1. The summed E-state index contributed by atoms with van der Waals surface area (Å²) in [4.78, 5) is 21.6. The molecule has 2 aliphatic rings. The summed E-state index contributed by atoms with van der Waals surface area (Å²) in [6.45, 7) is 9.16. The molecule has 2 fully saturated rings. The SMILES string of the molecule is CC(N)c1nc2ccn(C)c2cc1N1CC2CC1CN2C(=O)OC(C)(C)C. The summed E-state index contributed by atoms with van der Waals surface area (Å²) in [6.07, 6.45) is 2.77. The molecule has 7 nitrogen and oxygen atoms in total. The Labute approximate surface area is 160 Å². The lowest BCUT2D eigenvalue weighted by molar-refractivity contribution is 0.0214. The van der Waals surface area contributed by atoms with Crippen molar-refractivity contribution in [1.29, 1.82) is 0 Å². The Morgan fingerprint density at radius 1 is 1.33 bits per heavy atom. The van der Waals surface area contributed by atoms with Gasteiger partial charge in [0.05, 0.1) is 28.5 Å². The number of aromatic nitrogens is 2. The number of hydrogen-bond acceptors (Lipinski definition) is 5. The van der Waals surface area contributed by atoms with E-state index >= 15 is 0 Å². The molecule has 2 aliphatic heterocycles. The number of pyridine rings is 1. The van der Waals surface area contributed by atoms with E-state index in [0.29, 0.717) is 6.54 Å². The Bertz CT molecular complexity index is 882. The van der Waals surface area contributed by atoms with E-state index in [9.17, 15) is 4.79 Å². The van der Waals surface area contributed by atoms with Crippen LogP contribution in [0, 0.1) is 0 Å². The summed E-state index contributed by atoms with van der Waals surface area (Å²) in [5, 5.41) is 0. The van der Waals surface area contributed by atoms with Crippen LogP contribution in [0.5, 0.6) is 0 Å². The molecule has 0 aliphatic carbocycles. The van der Waals surface area contributed by atoms with E-state index in [1.165, 1.54) is 0 Å². The van der Waals surface area contributed by atoms with Gasteiger partial charge >= 0.3 is 6.09 Å². The Morgan fingerprint density at radius 2 is 2.07 bits per heavy atom. The predicted octanol–water partition coefficient (Wildman–Crippen LogP) is 2.79. The quantitative estimate of drug-likeness (QED) is 0.878. The molecule has 2 N–H and O–H groups in total. The molecule has 2 aromatic rings. The van der Waals surface area contributed by atoms with Crippen LogP contribution in [0.15, 0.2) is 18.3 Å². The number of anilines is 1. The Morgan fingerprint density at radius 3 is 2.67 bits per heavy atom. The number of nitrogens with two attached hydrogens (primary N) is 1. The monoisotopic (exact) mass is 371 g/mol. The molecule has 7 heteroatoms. The number of carbonyl (C=O) groups excluding carboxylic acids is 1. The Hall–Kier alpha value is -2.28. The van der Waals surface area contributed by atoms with Crippen molar-refractivity contribution in [3.05, 3.63) is 24.0 Å². The highest BCUT2D eigenvalue weighted by Gasteiger charge is 2.47. The van der Waals surface area contributed by atoms with Gasteiger partial charge in [-0.25, -0.2) is 9.78 Å². The van der Waals surface area contributed by atoms with E-state index < -0.39 is 5.60 Å². The number of hydrogen-bond donors (Lipinski definition) is 1. The van der Waals surface area contributed by atoms with Crippen LogP contribution in [0.4, 0.5) is 10.5 Å². The molecule has 1 amide bonds. The topological polar surface area (TPSA) is 76.6 Å². The van der Waals surface area contributed by atoms with E-state index in [4.69, 9.17) is 15.5 Å². The standard InChI is InChI=1S/C20H29N5O2/c1-12(21)18-17(9-16-15(22-18)6-7-23(16)5)24-10-14-8-13(24)11-25(14)19(26)27-20(2,3)4/h6-7,9,12-14H,8,10-11,21H2,1-5H3. The van der Waals surface area contributed by atoms with E-state index in [-0.39, 0.29) is 24.2 Å². The van der Waals surface area contributed by atoms with Crippen molar-refractivity contribution in [2.45, 2.75) is 57.8 Å². The molecule has 146 valence electrons. The lowest BCUT2D eigenvalue weighted by atomic mass is 10.1. The summed E-state index contributed by atoms with van der Waals surface area (Å²) in [7, 11) is 2.03. The molecule has 4 rings (SSSR count). The fourth-order valence-electron chi connectivity index (χ4n) is 4.26. The highest BCUT2D eigenvalue weighted by molar-refractivity contribution is 5.81. The normalized spacial score (nSPS) is 23.3. The lowest BCUT2D eigenvalue weighted by Crippen LogP contribution is -2.50. The average molecular weight is 371 g/mol. The number of rotatable bonds is 2. The highest BCUT2D eigenvalue weighted by atomic mass is 16.6. The van der Waals surface area contributed by atoms with Gasteiger partial charge in [-0.05, 0) is 46.2 Å². The lowest BCUT2D eigenvalue weighted by Gasteiger charge is -2.37. The smallest absolute Gasteiger partial charge is 0.410 e. The van der Waals surface area contributed by atoms with Crippen molar-refractivity contribution in [2.24, 2.45) is 12.8 Å². The maximum Gasteiger partial charge on any atom is 0.410 e. The third-order valence-corrected chi connectivity index (χ3v) is 5.48. The van der Waals surface area contributed by atoms with Crippen LogP contribution in [-0.4, -0.2) is 51.3 Å². The third kappa shape index (κ3) is 3.14.